The van der Waals surface area contributed by atoms with Crippen LogP contribution in [0.25, 0.3) is 0 Å². The summed E-state index contributed by atoms with van der Waals surface area (Å²) >= 11 is 0. The highest BCUT2D eigenvalue weighted by atomic mass is 16.3. The number of rotatable bonds is 4. The summed E-state index contributed by atoms with van der Waals surface area (Å²) < 4.78 is 0. The van der Waals surface area contributed by atoms with Crippen molar-refractivity contribution in [2.75, 3.05) is 30.8 Å². The zero-order chi connectivity index (χ0) is 11.4. The van der Waals surface area contributed by atoms with Gasteiger partial charge in [-0.15, -0.1) is 0 Å². The Morgan fingerprint density at radius 2 is 2.13 bits per heavy atom. The molecule has 0 atom stereocenters. The lowest BCUT2D eigenvalue weighted by Gasteiger charge is -2.18. The minimum Gasteiger partial charge on any atom is -0.395 e. The number of anilines is 2. The molecule has 0 aliphatic heterocycles. The Labute approximate surface area is 90.0 Å². The van der Waals surface area contributed by atoms with E-state index in [4.69, 9.17) is 10.8 Å². The van der Waals surface area contributed by atoms with Crippen molar-refractivity contribution >= 4 is 11.6 Å². The highest BCUT2D eigenvalue weighted by Gasteiger charge is 2.09. The number of hydrogen-bond donors (Lipinski definition) is 2. The predicted molar refractivity (Wildman–Crippen MR) is 60.9 cm³/mol. The molecule has 5 nitrogen and oxygen atoms in total. The molecule has 1 aromatic heterocycles. The van der Waals surface area contributed by atoms with Gasteiger partial charge in [0, 0.05) is 25.6 Å². The minimum absolute atomic E-state index is 0.0947. The number of nitrogen functional groups attached to an aromatic ring is 1. The van der Waals surface area contributed by atoms with Crippen molar-refractivity contribution in [2.45, 2.75) is 19.8 Å². The normalized spacial score (nSPS) is 10.7. The highest BCUT2D eigenvalue weighted by molar-refractivity contribution is 5.46. The van der Waals surface area contributed by atoms with Crippen LogP contribution in [0, 0.1) is 0 Å². The van der Waals surface area contributed by atoms with Crippen molar-refractivity contribution in [3.63, 3.8) is 0 Å². The molecular weight excluding hydrogens is 192 g/mol. The summed E-state index contributed by atoms with van der Waals surface area (Å²) in [4.78, 5) is 10.4. The van der Waals surface area contributed by atoms with Crippen LogP contribution in [0.5, 0.6) is 0 Å². The first kappa shape index (κ1) is 11.7. The SMILES string of the molecule is CC(C)c1nc(N)cc(N(C)CCO)n1. The van der Waals surface area contributed by atoms with E-state index in [9.17, 15) is 0 Å². The fraction of sp³-hybridized carbons (Fsp3) is 0.600. The third kappa shape index (κ3) is 3.06. The second-order valence-corrected chi connectivity index (χ2v) is 3.81. The van der Waals surface area contributed by atoms with E-state index in [1.54, 1.807) is 6.07 Å². The van der Waals surface area contributed by atoms with Crippen molar-refractivity contribution in [1.29, 1.82) is 0 Å². The molecule has 0 aliphatic carbocycles. The molecule has 0 bridgehead atoms. The van der Waals surface area contributed by atoms with Gasteiger partial charge >= 0.3 is 0 Å². The van der Waals surface area contributed by atoms with E-state index in [2.05, 4.69) is 9.97 Å². The van der Waals surface area contributed by atoms with Crippen LogP contribution in [0.2, 0.25) is 0 Å². The smallest absolute Gasteiger partial charge is 0.135 e. The van der Waals surface area contributed by atoms with Gasteiger partial charge in [0.15, 0.2) is 0 Å². The number of aliphatic hydroxyl groups excluding tert-OH is 1. The standard InChI is InChI=1S/C10H18N4O/c1-7(2)10-12-8(11)6-9(13-10)14(3)4-5-15/h6-7,15H,4-5H2,1-3H3,(H2,11,12,13). The van der Waals surface area contributed by atoms with Crippen LogP contribution in [0.15, 0.2) is 6.07 Å². The largest absolute Gasteiger partial charge is 0.395 e. The molecule has 0 saturated carbocycles. The van der Waals surface area contributed by atoms with Gasteiger partial charge in [-0.1, -0.05) is 13.8 Å². The Bertz CT molecular complexity index is 327. The second-order valence-electron chi connectivity index (χ2n) is 3.81. The summed E-state index contributed by atoms with van der Waals surface area (Å²) in [5, 5.41) is 8.83. The minimum atomic E-state index is 0.0947. The molecule has 0 fully saturated rings. The van der Waals surface area contributed by atoms with Crippen LogP contribution >= 0.6 is 0 Å². The number of hydrogen-bond acceptors (Lipinski definition) is 5. The van der Waals surface area contributed by atoms with E-state index in [0.717, 1.165) is 11.6 Å². The Morgan fingerprint density at radius 1 is 1.47 bits per heavy atom. The Kier molecular flexibility index (Phi) is 3.85. The average molecular weight is 210 g/mol. The first-order valence-corrected chi connectivity index (χ1v) is 5.01. The van der Waals surface area contributed by atoms with E-state index in [-0.39, 0.29) is 12.5 Å². The van der Waals surface area contributed by atoms with Crippen LogP contribution < -0.4 is 10.6 Å². The molecule has 0 aromatic carbocycles. The summed E-state index contributed by atoms with van der Waals surface area (Å²) in [5.41, 5.74) is 5.69. The molecule has 0 aliphatic rings. The maximum absolute atomic E-state index is 8.83. The van der Waals surface area contributed by atoms with Crippen LogP contribution in [0.4, 0.5) is 11.6 Å². The number of aromatic nitrogens is 2. The van der Waals surface area contributed by atoms with Crippen LogP contribution in [0.3, 0.4) is 0 Å². The molecule has 0 radical (unpaired) electrons. The van der Waals surface area contributed by atoms with Gasteiger partial charge in [-0.05, 0) is 0 Å². The first-order valence-electron chi connectivity index (χ1n) is 5.01. The molecule has 0 unspecified atom stereocenters. The van der Waals surface area contributed by atoms with Crippen molar-refractivity contribution in [3.05, 3.63) is 11.9 Å². The number of likely N-dealkylation sites (N-methyl/N-ethyl adjacent to an activating group) is 1. The average Bonchev–Trinajstić information content (AvgIpc) is 2.17. The number of nitrogens with two attached hydrogens (primary N) is 1. The molecule has 0 amide bonds. The summed E-state index contributed by atoms with van der Waals surface area (Å²) in [5.74, 6) is 2.19. The van der Waals surface area contributed by atoms with Gasteiger partial charge in [0.05, 0.1) is 6.61 Å². The monoisotopic (exact) mass is 210 g/mol. The highest BCUT2D eigenvalue weighted by Crippen LogP contribution is 2.17. The molecule has 0 saturated heterocycles. The molecule has 5 heteroatoms. The molecule has 84 valence electrons. The molecule has 1 aromatic rings. The van der Waals surface area contributed by atoms with Gasteiger partial charge in [0.25, 0.3) is 0 Å². The summed E-state index contributed by atoms with van der Waals surface area (Å²) in [6, 6.07) is 1.71. The summed E-state index contributed by atoms with van der Waals surface area (Å²) in [6.07, 6.45) is 0. The maximum atomic E-state index is 8.83. The topological polar surface area (TPSA) is 75.3 Å². The zero-order valence-electron chi connectivity index (χ0n) is 9.44. The van der Waals surface area contributed by atoms with E-state index < -0.39 is 0 Å². The maximum Gasteiger partial charge on any atom is 0.135 e. The molecule has 3 N–H and O–H groups in total. The van der Waals surface area contributed by atoms with Gasteiger partial charge in [-0.25, -0.2) is 9.97 Å². The fourth-order valence-electron chi connectivity index (χ4n) is 1.19. The van der Waals surface area contributed by atoms with Gasteiger partial charge in [-0.3, -0.25) is 0 Å². The summed E-state index contributed by atoms with van der Waals surface area (Å²) in [7, 11) is 1.86. The second kappa shape index (κ2) is 4.93. The Hall–Kier alpha value is -1.36. The van der Waals surface area contributed by atoms with E-state index in [1.165, 1.54) is 0 Å². The molecular formula is C10H18N4O. The van der Waals surface area contributed by atoms with Crippen LogP contribution in [-0.2, 0) is 0 Å². The molecule has 15 heavy (non-hydrogen) atoms. The van der Waals surface area contributed by atoms with Crippen molar-refractivity contribution in [3.8, 4) is 0 Å². The third-order valence-corrected chi connectivity index (χ3v) is 2.09. The predicted octanol–water partition coefficient (Wildman–Crippen LogP) is 0.611. The van der Waals surface area contributed by atoms with E-state index >= 15 is 0 Å². The lowest BCUT2D eigenvalue weighted by atomic mass is 10.2. The molecule has 0 spiro atoms. The lowest BCUT2D eigenvalue weighted by molar-refractivity contribution is 0.304. The Morgan fingerprint density at radius 3 is 2.67 bits per heavy atom. The zero-order valence-corrected chi connectivity index (χ0v) is 9.44. The Balaban J connectivity index is 2.98. The summed E-state index contributed by atoms with van der Waals surface area (Å²) in [6.45, 7) is 4.67. The van der Waals surface area contributed by atoms with Crippen LogP contribution in [-0.4, -0.2) is 35.3 Å². The lowest BCUT2D eigenvalue weighted by Crippen LogP contribution is -2.23. The molecule has 1 rings (SSSR count). The quantitative estimate of drug-likeness (QED) is 0.761. The van der Waals surface area contributed by atoms with Crippen molar-refractivity contribution in [1.82, 2.24) is 9.97 Å². The van der Waals surface area contributed by atoms with Gasteiger partial charge in [0.1, 0.15) is 17.5 Å². The van der Waals surface area contributed by atoms with Crippen molar-refractivity contribution in [2.24, 2.45) is 0 Å². The van der Waals surface area contributed by atoms with Crippen LogP contribution in [0.1, 0.15) is 25.6 Å². The number of nitrogens with zero attached hydrogens (tertiary/aromatic N) is 3. The van der Waals surface area contributed by atoms with Gasteiger partial charge in [0.2, 0.25) is 0 Å². The first-order chi connectivity index (χ1) is 7.04. The van der Waals surface area contributed by atoms with E-state index in [1.807, 2.05) is 25.8 Å². The fourth-order valence-corrected chi connectivity index (χ4v) is 1.19. The van der Waals surface area contributed by atoms with Gasteiger partial charge < -0.3 is 15.7 Å². The van der Waals surface area contributed by atoms with Gasteiger partial charge in [-0.2, -0.15) is 0 Å². The third-order valence-electron chi connectivity index (χ3n) is 2.09. The van der Waals surface area contributed by atoms with Crippen molar-refractivity contribution < 1.29 is 5.11 Å². The van der Waals surface area contributed by atoms with E-state index in [0.29, 0.717) is 12.4 Å². The number of aliphatic hydroxyl groups is 1. The molecule has 1 heterocycles.